The molecule has 5 nitrogen and oxygen atoms in total. The lowest BCUT2D eigenvalue weighted by Gasteiger charge is -2.09. The number of nitrogens with one attached hydrogen (secondary N) is 1. The zero-order chi connectivity index (χ0) is 19.9. The average molecular weight is 370 g/mol. The zero-order valence-electron chi connectivity index (χ0n) is 15.9. The summed E-state index contributed by atoms with van der Waals surface area (Å²) in [5.74, 6) is 0.102. The van der Waals surface area contributed by atoms with Gasteiger partial charge in [0.2, 0.25) is 0 Å². The number of hydrogen-bond donors (Lipinski definition) is 2. The Morgan fingerprint density at radius 3 is 2.36 bits per heavy atom. The molecule has 1 amide bonds. The van der Waals surface area contributed by atoms with E-state index in [0.29, 0.717) is 17.1 Å². The van der Waals surface area contributed by atoms with Crippen LogP contribution in [0.2, 0.25) is 0 Å². The number of aryl methyl sites for hydroxylation is 1. The lowest BCUT2D eigenvalue weighted by atomic mass is 10.1. The molecule has 5 heteroatoms. The molecule has 140 valence electrons. The van der Waals surface area contributed by atoms with E-state index in [1.54, 1.807) is 19.2 Å². The molecular formula is C23H22N4O. The van der Waals surface area contributed by atoms with Crippen molar-refractivity contribution in [3.8, 4) is 11.1 Å². The van der Waals surface area contributed by atoms with Crippen molar-refractivity contribution in [1.29, 1.82) is 0 Å². The number of amides is 1. The van der Waals surface area contributed by atoms with Crippen LogP contribution < -0.4 is 11.1 Å². The first-order chi connectivity index (χ1) is 13.6. The van der Waals surface area contributed by atoms with Crippen LogP contribution in [0, 0.1) is 6.92 Å². The first-order valence-electron chi connectivity index (χ1n) is 8.94. The van der Waals surface area contributed by atoms with Crippen molar-refractivity contribution >= 4 is 23.1 Å². The fourth-order valence-electron chi connectivity index (χ4n) is 2.74. The van der Waals surface area contributed by atoms with Gasteiger partial charge in [-0.2, -0.15) is 0 Å². The lowest BCUT2D eigenvalue weighted by molar-refractivity contribution is -0.112. The maximum Gasteiger partial charge on any atom is 0.260 e. The van der Waals surface area contributed by atoms with Crippen LogP contribution in [-0.2, 0) is 4.79 Å². The van der Waals surface area contributed by atoms with Crippen LogP contribution in [0.1, 0.15) is 12.5 Å². The van der Waals surface area contributed by atoms with Crippen LogP contribution in [0.25, 0.3) is 11.1 Å². The smallest absolute Gasteiger partial charge is 0.260 e. The number of pyridine rings is 1. The van der Waals surface area contributed by atoms with Crippen LogP contribution in [0.5, 0.6) is 0 Å². The molecule has 0 bridgehead atoms. The molecule has 0 aliphatic carbocycles. The SMILES string of the molecule is CC(=Nc1ccccc1C)C(=CN)C(=O)Nc1ccc(-c2ccccc2)cn1. The molecule has 1 aromatic heterocycles. The monoisotopic (exact) mass is 370 g/mol. The number of aromatic nitrogens is 1. The fourth-order valence-corrected chi connectivity index (χ4v) is 2.74. The second kappa shape index (κ2) is 8.77. The van der Waals surface area contributed by atoms with E-state index < -0.39 is 0 Å². The number of carbonyl (C=O) groups excluding carboxylic acids is 1. The molecule has 3 rings (SSSR count). The Morgan fingerprint density at radius 2 is 1.71 bits per heavy atom. The standard InChI is InChI=1S/C23H22N4O/c1-16-8-6-7-11-21(16)26-17(2)20(14-24)23(28)27-22-13-12-19(15-25-22)18-9-4-3-5-10-18/h3-15H,24H2,1-2H3,(H,25,27,28). The molecule has 0 unspecified atom stereocenters. The average Bonchev–Trinajstić information content (AvgIpc) is 2.71. The summed E-state index contributed by atoms with van der Waals surface area (Å²) in [5.41, 5.74) is 10.4. The summed E-state index contributed by atoms with van der Waals surface area (Å²) < 4.78 is 0. The van der Waals surface area contributed by atoms with Crippen LogP contribution in [-0.4, -0.2) is 16.6 Å². The maximum atomic E-state index is 12.6. The van der Waals surface area contributed by atoms with E-state index >= 15 is 0 Å². The molecule has 28 heavy (non-hydrogen) atoms. The predicted octanol–water partition coefficient (Wildman–Crippen LogP) is 4.63. The number of carbonyl (C=O) groups is 1. The summed E-state index contributed by atoms with van der Waals surface area (Å²) in [6.07, 6.45) is 3.00. The van der Waals surface area contributed by atoms with Crippen LogP contribution >= 0.6 is 0 Å². The van der Waals surface area contributed by atoms with Gasteiger partial charge in [0.15, 0.2) is 0 Å². The van der Waals surface area contributed by atoms with Crippen LogP contribution in [0.15, 0.2) is 89.7 Å². The topological polar surface area (TPSA) is 80.4 Å². The summed E-state index contributed by atoms with van der Waals surface area (Å²) in [6, 6.07) is 21.3. The van der Waals surface area contributed by atoms with E-state index in [2.05, 4.69) is 15.3 Å². The van der Waals surface area contributed by atoms with E-state index in [1.165, 1.54) is 6.20 Å². The Balaban J connectivity index is 1.75. The molecule has 0 fully saturated rings. The molecular weight excluding hydrogens is 348 g/mol. The van der Waals surface area contributed by atoms with Crippen molar-refractivity contribution in [1.82, 2.24) is 4.98 Å². The number of aliphatic imine (C=N–C) groups is 1. The third-order valence-corrected chi connectivity index (χ3v) is 4.32. The predicted molar refractivity (Wildman–Crippen MR) is 115 cm³/mol. The summed E-state index contributed by atoms with van der Waals surface area (Å²) in [5, 5.41) is 2.77. The van der Waals surface area contributed by atoms with Gasteiger partial charge in [0, 0.05) is 18.0 Å². The summed E-state index contributed by atoms with van der Waals surface area (Å²) >= 11 is 0. The highest BCUT2D eigenvalue weighted by Crippen LogP contribution is 2.20. The highest BCUT2D eigenvalue weighted by atomic mass is 16.1. The second-order valence-corrected chi connectivity index (χ2v) is 6.32. The van der Waals surface area contributed by atoms with Gasteiger partial charge in [-0.25, -0.2) is 4.98 Å². The minimum atomic E-state index is -0.350. The number of para-hydroxylation sites is 1. The van der Waals surface area contributed by atoms with E-state index in [9.17, 15) is 4.79 Å². The number of nitrogens with two attached hydrogens (primary N) is 1. The van der Waals surface area contributed by atoms with Crippen LogP contribution in [0.3, 0.4) is 0 Å². The van der Waals surface area contributed by atoms with E-state index in [4.69, 9.17) is 5.73 Å². The van der Waals surface area contributed by atoms with Gasteiger partial charge in [0.25, 0.3) is 5.91 Å². The van der Waals surface area contributed by atoms with Gasteiger partial charge in [-0.15, -0.1) is 0 Å². The second-order valence-electron chi connectivity index (χ2n) is 6.32. The van der Waals surface area contributed by atoms with Crippen molar-refractivity contribution in [2.24, 2.45) is 10.7 Å². The van der Waals surface area contributed by atoms with Crippen LogP contribution in [0.4, 0.5) is 11.5 Å². The van der Waals surface area contributed by atoms with Gasteiger partial charge in [0.05, 0.1) is 17.0 Å². The van der Waals surface area contributed by atoms with Gasteiger partial charge < -0.3 is 11.1 Å². The molecule has 0 aliphatic rings. The number of hydrogen-bond acceptors (Lipinski definition) is 4. The van der Waals surface area contributed by atoms with Gasteiger partial charge in [-0.3, -0.25) is 9.79 Å². The minimum Gasteiger partial charge on any atom is -0.404 e. The zero-order valence-corrected chi connectivity index (χ0v) is 15.9. The number of rotatable bonds is 5. The normalized spacial score (nSPS) is 11.9. The van der Waals surface area contributed by atoms with Gasteiger partial charge in [-0.1, -0.05) is 48.5 Å². The third kappa shape index (κ3) is 4.51. The number of anilines is 1. The molecule has 0 saturated carbocycles. The minimum absolute atomic E-state index is 0.303. The summed E-state index contributed by atoms with van der Waals surface area (Å²) in [4.78, 5) is 21.5. The maximum absolute atomic E-state index is 12.6. The van der Waals surface area contributed by atoms with Gasteiger partial charge >= 0.3 is 0 Å². The molecule has 3 N–H and O–H groups in total. The lowest BCUT2D eigenvalue weighted by Crippen LogP contribution is -2.20. The Labute approximate surface area is 164 Å². The first-order valence-corrected chi connectivity index (χ1v) is 8.94. The third-order valence-electron chi connectivity index (χ3n) is 4.32. The molecule has 0 aliphatic heterocycles. The van der Waals surface area contributed by atoms with Crippen molar-refractivity contribution in [3.63, 3.8) is 0 Å². The van der Waals surface area contributed by atoms with Crippen molar-refractivity contribution in [3.05, 3.63) is 90.3 Å². The Morgan fingerprint density at radius 1 is 1.00 bits per heavy atom. The molecule has 3 aromatic rings. The van der Waals surface area contributed by atoms with E-state index in [-0.39, 0.29) is 5.91 Å². The highest BCUT2D eigenvalue weighted by molar-refractivity contribution is 6.24. The molecule has 0 saturated heterocycles. The largest absolute Gasteiger partial charge is 0.404 e. The quantitative estimate of drug-likeness (QED) is 0.507. The summed E-state index contributed by atoms with van der Waals surface area (Å²) in [7, 11) is 0. The van der Waals surface area contributed by atoms with Crippen molar-refractivity contribution in [2.45, 2.75) is 13.8 Å². The number of benzene rings is 2. The fraction of sp³-hybridized carbons (Fsp3) is 0.0870. The Kier molecular flexibility index (Phi) is 5.97. The molecule has 2 aromatic carbocycles. The Hall–Kier alpha value is -3.73. The molecule has 0 atom stereocenters. The van der Waals surface area contributed by atoms with E-state index in [0.717, 1.165) is 22.4 Å². The summed E-state index contributed by atoms with van der Waals surface area (Å²) in [6.45, 7) is 3.73. The van der Waals surface area contributed by atoms with Crippen molar-refractivity contribution in [2.75, 3.05) is 5.32 Å². The molecule has 0 spiro atoms. The van der Waals surface area contributed by atoms with Gasteiger partial charge in [-0.05, 0) is 43.2 Å². The molecule has 0 radical (unpaired) electrons. The van der Waals surface area contributed by atoms with Crippen molar-refractivity contribution < 1.29 is 4.79 Å². The first kappa shape index (κ1) is 19.0. The van der Waals surface area contributed by atoms with E-state index in [1.807, 2.05) is 67.6 Å². The number of nitrogens with zero attached hydrogens (tertiary/aromatic N) is 2. The van der Waals surface area contributed by atoms with Gasteiger partial charge in [0.1, 0.15) is 5.82 Å². The molecule has 1 heterocycles. The highest BCUT2D eigenvalue weighted by Gasteiger charge is 2.14. The Bertz CT molecular complexity index is 1020.